The van der Waals surface area contributed by atoms with Crippen LogP contribution in [0.1, 0.15) is 17.0 Å². The number of hydrogen-bond donors (Lipinski definition) is 2. The van der Waals surface area contributed by atoms with Gasteiger partial charge in [-0.25, -0.2) is 4.79 Å². The van der Waals surface area contributed by atoms with Gasteiger partial charge in [0.05, 0.1) is 6.61 Å². The van der Waals surface area contributed by atoms with Crippen molar-refractivity contribution >= 4 is 17.7 Å². The number of hydrogen-bond acceptors (Lipinski definition) is 3. The van der Waals surface area contributed by atoms with E-state index in [0.29, 0.717) is 5.02 Å². The Bertz CT molecular complexity index is 604. The number of carbonyl (C=O) groups is 1. The second-order valence-electron chi connectivity index (χ2n) is 4.84. The maximum atomic E-state index is 11.7. The smallest absolute Gasteiger partial charge is 0.407 e. The minimum Gasteiger partial charge on any atom is -0.445 e. The Morgan fingerprint density at radius 3 is 2.50 bits per heavy atom. The standard InChI is InChI=1S/C17H18ClNO3/c18-16-9-5-4-8-15(16)14(11-20)10-19-17(21)22-12-13-6-2-1-3-7-13/h1-9,14,20H,10-12H2,(H,19,21). The summed E-state index contributed by atoms with van der Waals surface area (Å²) in [4.78, 5) is 11.7. The highest BCUT2D eigenvalue weighted by Gasteiger charge is 2.15. The molecule has 0 aliphatic rings. The number of halogens is 1. The lowest BCUT2D eigenvalue weighted by molar-refractivity contribution is 0.137. The van der Waals surface area contributed by atoms with Gasteiger partial charge in [-0.15, -0.1) is 0 Å². The maximum Gasteiger partial charge on any atom is 0.407 e. The lowest BCUT2D eigenvalue weighted by atomic mass is 10.00. The van der Waals surface area contributed by atoms with Crippen molar-refractivity contribution in [3.63, 3.8) is 0 Å². The first kappa shape index (κ1) is 16.3. The molecular formula is C17H18ClNO3. The third-order valence-corrected chi connectivity index (χ3v) is 3.62. The number of benzene rings is 2. The molecule has 22 heavy (non-hydrogen) atoms. The molecule has 0 saturated carbocycles. The summed E-state index contributed by atoms with van der Waals surface area (Å²) < 4.78 is 5.12. The van der Waals surface area contributed by atoms with Crippen molar-refractivity contribution in [1.29, 1.82) is 0 Å². The van der Waals surface area contributed by atoms with Gasteiger partial charge >= 0.3 is 6.09 Å². The van der Waals surface area contributed by atoms with Gasteiger partial charge in [0, 0.05) is 17.5 Å². The van der Waals surface area contributed by atoms with Crippen LogP contribution in [-0.2, 0) is 11.3 Å². The molecule has 0 aromatic heterocycles. The van der Waals surface area contributed by atoms with Crippen LogP contribution in [0.5, 0.6) is 0 Å². The van der Waals surface area contributed by atoms with Crippen LogP contribution in [0.15, 0.2) is 54.6 Å². The Hall–Kier alpha value is -2.04. The average Bonchev–Trinajstić information content (AvgIpc) is 2.56. The van der Waals surface area contributed by atoms with Gasteiger partial charge in [0.15, 0.2) is 0 Å². The SMILES string of the molecule is O=C(NCC(CO)c1ccccc1Cl)OCc1ccccc1. The quantitative estimate of drug-likeness (QED) is 0.858. The van der Waals surface area contributed by atoms with E-state index >= 15 is 0 Å². The molecule has 1 atom stereocenters. The van der Waals surface area contributed by atoms with Gasteiger partial charge in [0.2, 0.25) is 0 Å². The van der Waals surface area contributed by atoms with Crippen molar-refractivity contribution in [1.82, 2.24) is 5.32 Å². The van der Waals surface area contributed by atoms with Gasteiger partial charge in [-0.05, 0) is 17.2 Å². The van der Waals surface area contributed by atoms with Crippen molar-refractivity contribution in [2.75, 3.05) is 13.2 Å². The van der Waals surface area contributed by atoms with E-state index in [0.717, 1.165) is 11.1 Å². The van der Waals surface area contributed by atoms with E-state index in [1.165, 1.54) is 0 Å². The van der Waals surface area contributed by atoms with E-state index in [4.69, 9.17) is 16.3 Å². The molecule has 5 heteroatoms. The zero-order chi connectivity index (χ0) is 15.8. The summed E-state index contributed by atoms with van der Waals surface area (Å²) in [6, 6.07) is 16.7. The van der Waals surface area contributed by atoms with Crippen molar-refractivity contribution in [2.24, 2.45) is 0 Å². The summed E-state index contributed by atoms with van der Waals surface area (Å²) in [5, 5.41) is 12.7. The fourth-order valence-corrected chi connectivity index (χ4v) is 2.35. The van der Waals surface area contributed by atoms with E-state index in [1.807, 2.05) is 48.5 Å². The molecule has 0 spiro atoms. The number of aliphatic hydroxyl groups excluding tert-OH is 1. The summed E-state index contributed by atoms with van der Waals surface area (Å²) >= 11 is 6.10. The fourth-order valence-electron chi connectivity index (χ4n) is 2.06. The second-order valence-corrected chi connectivity index (χ2v) is 5.25. The zero-order valence-corrected chi connectivity index (χ0v) is 12.8. The van der Waals surface area contributed by atoms with Gasteiger partial charge in [-0.3, -0.25) is 0 Å². The van der Waals surface area contributed by atoms with Gasteiger partial charge in [0.25, 0.3) is 0 Å². The monoisotopic (exact) mass is 319 g/mol. The van der Waals surface area contributed by atoms with E-state index in [9.17, 15) is 9.90 Å². The predicted molar refractivity (Wildman–Crippen MR) is 85.9 cm³/mol. The Morgan fingerprint density at radius 1 is 1.14 bits per heavy atom. The highest BCUT2D eigenvalue weighted by Crippen LogP contribution is 2.23. The molecule has 4 nitrogen and oxygen atoms in total. The molecule has 2 N–H and O–H groups in total. The van der Waals surface area contributed by atoms with Crippen LogP contribution in [0.4, 0.5) is 4.79 Å². The summed E-state index contributed by atoms with van der Waals surface area (Å²) in [6.07, 6.45) is -0.519. The molecule has 0 radical (unpaired) electrons. The Kier molecular flexibility index (Phi) is 6.25. The van der Waals surface area contributed by atoms with Crippen LogP contribution >= 0.6 is 11.6 Å². The summed E-state index contributed by atoms with van der Waals surface area (Å²) in [6.45, 7) is 0.360. The van der Waals surface area contributed by atoms with Crippen LogP contribution in [0.3, 0.4) is 0 Å². The predicted octanol–water partition coefficient (Wildman–Crippen LogP) is 3.34. The molecule has 0 bridgehead atoms. The topological polar surface area (TPSA) is 58.6 Å². The molecular weight excluding hydrogens is 302 g/mol. The van der Waals surface area contributed by atoms with Crippen molar-refractivity contribution in [3.05, 3.63) is 70.7 Å². The highest BCUT2D eigenvalue weighted by molar-refractivity contribution is 6.31. The van der Waals surface area contributed by atoms with Gasteiger partial charge in [-0.1, -0.05) is 60.1 Å². The molecule has 0 aliphatic heterocycles. The van der Waals surface area contributed by atoms with Gasteiger partial charge < -0.3 is 15.2 Å². The number of nitrogens with one attached hydrogen (secondary N) is 1. The molecule has 2 aromatic carbocycles. The first-order valence-corrected chi connectivity index (χ1v) is 7.38. The highest BCUT2D eigenvalue weighted by atomic mass is 35.5. The lowest BCUT2D eigenvalue weighted by Crippen LogP contribution is -2.30. The fraction of sp³-hybridized carbons (Fsp3) is 0.235. The molecule has 2 aromatic rings. The van der Waals surface area contributed by atoms with E-state index in [2.05, 4.69) is 5.32 Å². The molecule has 0 saturated heterocycles. The van der Waals surface area contributed by atoms with Crippen LogP contribution < -0.4 is 5.32 Å². The largest absolute Gasteiger partial charge is 0.445 e. The second kappa shape index (κ2) is 8.41. The first-order valence-electron chi connectivity index (χ1n) is 7.00. The Balaban J connectivity index is 1.83. The molecule has 116 valence electrons. The Labute approximate surface area is 134 Å². The first-order chi connectivity index (χ1) is 10.7. The molecule has 0 fully saturated rings. The molecule has 0 aliphatic carbocycles. The minimum atomic E-state index is -0.519. The normalized spacial score (nSPS) is 11.7. The molecule has 1 unspecified atom stereocenters. The summed E-state index contributed by atoms with van der Waals surface area (Å²) in [5.41, 5.74) is 1.72. The zero-order valence-electron chi connectivity index (χ0n) is 12.0. The third kappa shape index (κ3) is 4.76. The minimum absolute atomic E-state index is 0.108. The van der Waals surface area contributed by atoms with Gasteiger partial charge in [0.1, 0.15) is 6.61 Å². The number of carbonyl (C=O) groups excluding carboxylic acids is 1. The van der Waals surface area contributed by atoms with Crippen molar-refractivity contribution < 1.29 is 14.6 Å². The van der Waals surface area contributed by atoms with Crippen LogP contribution in [0, 0.1) is 0 Å². The van der Waals surface area contributed by atoms with Crippen LogP contribution in [0.2, 0.25) is 5.02 Å². The molecule has 0 heterocycles. The third-order valence-electron chi connectivity index (χ3n) is 3.27. The van der Waals surface area contributed by atoms with Crippen LogP contribution in [0.25, 0.3) is 0 Å². The van der Waals surface area contributed by atoms with E-state index in [-0.39, 0.29) is 25.7 Å². The summed E-state index contributed by atoms with van der Waals surface area (Å²) in [5.74, 6) is -0.266. The van der Waals surface area contributed by atoms with Crippen LogP contribution in [-0.4, -0.2) is 24.4 Å². The number of alkyl carbamates (subject to hydrolysis) is 1. The summed E-state index contributed by atoms with van der Waals surface area (Å²) in [7, 11) is 0. The van der Waals surface area contributed by atoms with Gasteiger partial charge in [-0.2, -0.15) is 0 Å². The van der Waals surface area contributed by atoms with Crippen molar-refractivity contribution in [2.45, 2.75) is 12.5 Å². The van der Waals surface area contributed by atoms with E-state index < -0.39 is 6.09 Å². The number of amides is 1. The average molecular weight is 320 g/mol. The number of ether oxygens (including phenoxy) is 1. The molecule has 1 amide bonds. The maximum absolute atomic E-state index is 11.7. The number of rotatable bonds is 6. The van der Waals surface area contributed by atoms with E-state index in [1.54, 1.807) is 6.07 Å². The van der Waals surface area contributed by atoms with Crippen molar-refractivity contribution in [3.8, 4) is 0 Å². The molecule has 2 rings (SSSR count). The number of aliphatic hydroxyl groups is 1. The Morgan fingerprint density at radius 2 is 1.82 bits per heavy atom. The lowest BCUT2D eigenvalue weighted by Gasteiger charge is -2.16.